The van der Waals surface area contributed by atoms with Crippen LogP contribution in [0.1, 0.15) is 45.4 Å². The molecule has 0 bridgehead atoms. The van der Waals surface area contributed by atoms with Crippen molar-refractivity contribution in [1.82, 2.24) is 14.1 Å². The molecular formula is C18H29N3O4S. The molecule has 3 aliphatic rings. The van der Waals surface area contributed by atoms with Crippen LogP contribution >= 0.6 is 0 Å². The summed E-state index contributed by atoms with van der Waals surface area (Å²) < 4.78 is 41.1. The first-order valence-corrected chi connectivity index (χ1v) is 11.2. The lowest BCUT2D eigenvalue weighted by Gasteiger charge is -2.45. The first-order chi connectivity index (χ1) is 12.5. The van der Waals surface area contributed by atoms with Gasteiger partial charge in [0.2, 0.25) is 10.0 Å². The summed E-state index contributed by atoms with van der Waals surface area (Å²) in [5.74, 6) is 0.768. The van der Waals surface area contributed by atoms with Gasteiger partial charge in [0.1, 0.15) is 4.90 Å². The summed E-state index contributed by atoms with van der Waals surface area (Å²) in [6, 6.07) is 0. The number of sulfonamides is 1. The van der Waals surface area contributed by atoms with E-state index < -0.39 is 10.0 Å². The highest BCUT2D eigenvalue weighted by Crippen LogP contribution is 2.38. The minimum atomic E-state index is -3.47. The van der Waals surface area contributed by atoms with E-state index in [1.807, 2.05) is 6.92 Å². The molecule has 1 aromatic rings. The Morgan fingerprint density at radius 2 is 2.08 bits per heavy atom. The molecule has 1 unspecified atom stereocenters. The summed E-state index contributed by atoms with van der Waals surface area (Å²) >= 11 is 0. The molecule has 0 radical (unpaired) electrons. The van der Waals surface area contributed by atoms with Crippen molar-refractivity contribution in [1.29, 1.82) is 0 Å². The topological polar surface area (TPSA) is 73.7 Å². The molecule has 3 heterocycles. The van der Waals surface area contributed by atoms with Crippen LogP contribution in [0.2, 0.25) is 0 Å². The maximum Gasteiger partial charge on any atom is 0.246 e. The third-order valence-corrected chi connectivity index (χ3v) is 7.77. The van der Waals surface area contributed by atoms with Crippen molar-refractivity contribution >= 4 is 10.0 Å². The van der Waals surface area contributed by atoms with Crippen LogP contribution in [0.25, 0.3) is 0 Å². The van der Waals surface area contributed by atoms with Gasteiger partial charge >= 0.3 is 0 Å². The first-order valence-electron chi connectivity index (χ1n) is 9.79. The number of ether oxygens (including phenoxy) is 2. The van der Waals surface area contributed by atoms with Crippen molar-refractivity contribution in [2.75, 3.05) is 26.3 Å². The fourth-order valence-corrected chi connectivity index (χ4v) is 5.36. The van der Waals surface area contributed by atoms with Crippen molar-refractivity contribution in [2.24, 2.45) is 5.92 Å². The molecule has 1 aliphatic carbocycles. The van der Waals surface area contributed by atoms with Crippen molar-refractivity contribution in [3.8, 4) is 0 Å². The number of piperidine rings is 1. The predicted octanol–water partition coefficient (Wildman–Crippen LogP) is 2.03. The van der Waals surface area contributed by atoms with Crippen molar-refractivity contribution in [3.63, 3.8) is 0 Å². The molecule has 8 heteroatoms. The molecule has 1 saturated carbocycles. The van der Waals surface area contributed by atoms with E-state index in [4.69, 9.17) is 9.47 Å². The van der Waals surface area contributed by atoms with Gasteiger partial charge in [0.15, 0.2) is 0 Å². The summed E-state index contributed by atoms with van der Waals surface area (Å²) in [6.07, 6.45) is 9.23. The molecule has 1 aromatic heterocycles. The van der Waals surface area contributed by atoms with Crippen molar-refractivity contribution in [2.45, 2.75) is 68.6 Å². The molecule has 0 aromatic carbocycles. The molecule has 26 heavy (non-hydrogen) atoms. The zero-order valence-electron chi connectivity index (χ0n) is 15.5. The highest BCUT2D eigenvalue weighted by atomic mass is 32.2. The molecule has 1 spiro atoms. The Labute approximate surface area is 155 Å². The van der Waals surface area contributed by atoms with Gasteiger partial charge in [0.05, 0.1) is 17.9 Å². The molecule has 146 valence electrons. The van der Waals surface area contributed by atoms with E-state index in [0.29, 0.717) is 26.2 Å². The molecule has 0 amide bonds. The quantitative estimate of drug-likeness (QED) is 0.751. The van der Waals surface area contributed by atoms with Gasteiger partial charge in [-0.1, -0.05) is 0 Å². The SMILES string of the molecule is CCn1cc(S(=O)(=O)N2CCC3(CC2)CC(OCC2CC2)CCO3)cn1. The molecule has 2 aliphatic heterocycles. The zero-order valence-corrected chi connectivity index (χ0v) is 16.3. The Morgan fingerprint density at radius 3 is 2.73 bits per heavy atom. The number of nitrogens with zero attached hydrogens (tertiary/aromatic N) is 3. The zero-order chi connectivity index (χ0) is 18.2. The normalized spacial score (nSPS) is 27.0. The maximum atomic E-state index is 12.8. The maximum absolute atomic E-state index is 12.8. The van der Waals surface area contributed by atoms with Crippen LogP contribution in [0.3, 0.4) is 0 Å². The molecular weight excluding hydrogens is 354 g/mol. The van der Waals surface area contributed by atoms with Gasteiger partial charge in [-0.3, -0.25) is 4.68 Å². The lowest BCUT2D eigenvalue weighted by Crippen LogP contribution is -2.52. The summed E-state index contributed by atoms with van der Waals surface area (Å²) in [4.78, 5) is 0.283. The van der Waals surface area contributed by atoms with Gasteiger partial charge in [-0.2, -0.15) is 9.40 Å². The van der Waals surface area contributed by atoms with E-state index >= 15 is 0 Å². The van der Waals surface area contributed by atoms with Gasteiger partial charge in [0.25, 0.3) is 0 Å². The number of rotatable bonds is 6. The highest BCUT2D eigenvalue weighted by molar-refractivity contribution is 7.89. The third kappa shape index (κ3) is 3.83. The summed E-state index contributed by atoms with van der Waals surface area (Å²) in [7, 11) is -3.47. The smallest absolute Gasteiger partial charge is 0.246 e. The van der Waals surface area contributed by atoms with Crippen LogP contribution in [-0.2, 0) is 26.0 Å². The van der Waals surface area contributed by atoms with E-state index in [1.165, 1.54) is 19.0 Å². The fraction of sp³-hybridized carbons (Fsp3) is 0.833. The Kier molecular flexibility index (Phi) is 5.11. The lowest BCUT2D eigenvalue weighted by atomic mass is 9.84. The minimum absolute atomic E-state index is 0.216. The largest absolute Gasteiger partial charge is 0.378 e. The minimum Gasteiger partial charge on any atom is -0.378 e. The van der Waals surface area contributed by atoms with Crippen molar-refractivity contribution in [3.05, 3.63) is 12.4 Å². The molecule has 3 fully saturated rings. The van der Waals surface area contributed by atoms with E-state index in [9.17, 15) is 8.42 Å². The Morgan fingerprint density at radius 1 is 1.31 bits per heavy atom. The third-order valence-electron chi connectivity index (χ3n) is 5.92. The fourth-order valence-electron chi connectivity index (χ4n) is 3.96. The second-order valence-corrected chi connectivity index (χ2v) is 9.80. The second kappa shape index (κ2) is 7.22. The summed E-state index contributed by atoms with van der Waals surface area (Å²) in [6.45, 7) is 5.18. The predicted molar refractivity (Wildman–Crippen MR) is 96.3 cm³/mol. The van der Waals surface area contributed by atoms with Crippen LogP contribution in [0, 0.1) is 5.92 Å². The highest BCUT2D eigenvalue weighted by Gasteiger charge is 2.43. The Bertz CT molecular complexity index is 721. The lowest BCUT2D eigenvalue weighted by molar-refractivity contribution is -0.151. The van der Waals surface area contributed by atoms with Crippen molar-refractivity contribution < 1.29 is 17.9 Å². The standard InChI is InChI=1S/C18H29N3O4S/c1-2-20-13-17(12-19-20)26(22,23)21-8-6-18(7-9-21)11-16(5-10-25-18)24-14-15-3-4-15/h12-13,15-16H,2-11,14H2,1H3. The number of aromatic nitrogens is 2. The van der Waals surface area contributed by atoms with E-state index in [0.717, 1.165) is 38.2 Å². The Balaban J connectivity index is 1.36. The van der Waals surface area contributed by atoms with Gasteiger partial charge < -0.3 is 9.47 Å². The monoisotopic (exact) mass is 383 g/mol. The van der Waals surface area contributed by atoms with Crippen LogP contribution < -0.4 is 0 Å². The van der Waals surface area contributed by atoms with Crippen LogP contribution in [0.4, 0.5) is 0 Å². The second-order valence-electron chi connectivity index (χ2n) is 7.86. The number of hydrogen-bond donors (Lipinski definition) is 0. The average molecular weight is 384 g/mol. The van der Waals surface area contributed by atoms with Crippen LogP contribution in [0.5, 0.6) is 0 Å². The van der Waals surface area contributed by atoms with Gasteiger partial charge in [-0.15, -0.1) is 0 Å². The summed E-state index contributed by atoms with van der Waals surface area (Å²) in [5.41, 5.74) is -0.216. The van der Waals surface area contributed by atoms with Gasteiger partial charge in [0, 0.05) is 45.5 Å². The molecule has 4 rings (SSSR count). The molecule has 1 atom stereocenters. The van der Waals surface area contributed by atoms with Gasteiger partial charge in [-0.05, 0) is 44.9 Å². The van der Waals surface area contributed by atoms with E-state index in [-0.39, 0.29) is 16.6 Å². The van der Waals surface area contributed by atoms with Crippen LogP contribution in [0.15, 0.2) is 17.3 Å². The average Bonchev–Trinajstić information content (AvgIpc) is 3.34. The first kappa shape index (κ1) is 18.4. The van der Waals surface area contributed by atoms with Crippen LogP contribution in [-0.4, -0.2) is 60.5 Å². The molecule has 2 saturated heterocycles. The number of aryl methyl sites for hydroxylation is 1. The van der Waals surface area contributed by atoms with Gasteiger partial charge in [-0.25, -0.2) is 8.42 Å². The molecule has 7 nitrogen and oxygen atoms in total. The van der Waals surface area contributed by atoms with E-state index in [1.54, 1.807) is 15.2 Å². The Hall–Kier alpha value is -0.960. The van der Waals surface area contributed by atoms with E-state index in [2.05, 4.69) is 5.10 Å². The summed E-state index contributed by atoms with van der Waals surface area (Å²) in [5, 5.41) is 4.10. The molecule has 0 N–H and O–H groups in total. The number of hydrogen-bond acceptors (Lipinski definition) is 5.